The van der Waals surface area contributed by atoms with E-state index in [1.54, 1.807) is 4.57 Å². The fourth-order valence-electron chi connectivity index (χ4n) is 2.82. The zero-order chi connectivity index (χ0) is 14.3. The van der Waals surface area contributed by atoms with Gasteiger partial charge in [-0.2, -0.15) is 0 Å². The number of aryl methyl sites for hydroxylation is 1. The number of sulfone groups is 1. The van der Waals surface area contributed by atoms with Crippen molar-refractivity contribution in [2.75, 3.05) is 11.5 Å². The normalized spacial score (nSPS) is 19.4. The van der Waals surface area contributed by atoms with Crippen LogP contribution in [-0.2, 0) is 16.4 Å². The van der Waals surface area contributed by atoms with Gasteiger partial charge in [-0.15, -0.1) is 0 Å². The molecule has 1 aliphatic rings. The maximum Gasteiger partial charge on any atom is 0.326 e. The lowest BCUT2D eigenvalue weighted by Crippen LogP contribution is -2.29. The summed E-state index contributed by atoms with van der Waals surface area (Å²) in [6.07, 6.45) is 1.29. The minimum atomic E-state index is -2.85. The molecule has 0 radical (unpaired) electrons. The number of nitrogens with zero attached hydrogens (tertiary/aromatic N) is 1. The Morgan fingerprint density at radius 3 is 2.70 bits per heavy atom. The highest BCUT2D eigenvalue weighted by molar-refractivity contribution is 7.91. The molecule has 108 valence electrons. The molecule has 0 bridgehead atoms. The quantitative estimate of drug-likeness (QED) is 0.911. The number of fused-ring (bicyclic) bond motifs is 1. The van der Waals surface area contributed by atoms with Gasteiger partial charge in [-0.1, -0.05) is 6.07 Å². The first kappa shape index (κ1) is 13.4. The number of imidazole rings is 1. The van der Waals surface area contributed by atoms with Crippen LogP contribution < -0.4 is 5.69 Å². The summed E-state index contributed by atoms with van der Waals surface area (Å²) in [5, 5.41) is 0. The first-order chi connectivity index (χ1) is 9.44. The van der Waals surface area contributed by atoms with Crippen molar-refractivity contribution in [1.29, 1.82) is 0 Å². The molecule has 2 aromatic rings. The van der Waals surface area contributed by atoms with E-state index in [-0.39, 0.29) is 23.1 Å². The zero-order valence-electron chi connectivity index (χ0n) is 11.4. The number of rotatable bonds is 2. The van der Waals surface area contributed by atoms with Crippen molar-refractivity contribution >= 4 is 20.9 Å². The number of benzene rings is 1. The van der Waals surface area contributed by atoms with Gasteiger partial charge < -0.3 is 4.98 Å². The highest BCUT2D eigenvalue weighted by Crippen LogP contribution is 2.22. The summed E-state index contributed by atoms with van der Waals surface area (Å²) in [6.45, 7) is 2.59. The summed E-state index contributed by atoms with van der Waals surface area (Å²) in [4.78, 5) is 14.9. The third-order valence-electron chi connectivity index (χ3n) is 4.05. The molecule has 5 nitrogen and oxygen atoms in total. The number of aromatic nitrogens is 2. The highest BCUT2D eigenvalue weighted by atomic mass is 32.2. The lowest BCUT2D eigenvalue weighted by atomic mass is 10.0. The van der Waals surface area contributed by atoms with Crippen molar-refractivity contribution in [2.24, 2.45) is 5.92 Å². The Balaban J connectivity index is 1.90. The van der Waals surface area contributed by atoms with E-state index in [0.29, 0.717) is 19.4 Å². The van der Waals surface area contributed by atoms with Crippen LogP contribution in [0.4, 0.5) is 0 Å². The third-order valence-corrected chi connectivity index (χ3v) is 5.76. The van der Waals surface area contributed by atoms with E-state index in [1.807, 2.05) is 25.1 Å². The van der Waals surface area contributed by atoms with Gasteiger partial charge in [0.05, 0.1) is 22.5 Å². The Morgan fingerprint density at radius 2 is 2.00 bits per heavy atom. The minimum absolute atomic E-state index is 0.112. The SMILES string of the molecule is Cc1ccc2[nH]c(=O)n(CC3CCS(=O)(=O)CC3)c2c1. The lowest BCUT2D eigenvalue weighted by Gasteiger charge is -2.22. The average molecular weight is 294 g/mol. The van der Waals surface area contributed by atoms with Gasteiger partial charge in [0, 0.05) is 6.54 Å². The van der Waals surface area contributed by atoms with E-state index in [9.17, 15) is 13.2 Å². The maximum absolute atomic E-state index is 12.0. The topological polar surface area (TPSA) is 71.9 Å². The molecule has 1 saturated heterocycles. The standard InChI is InChI=1S/C14H18N2O3S/c1-10-2-3-12-13(8-10)16(14(17)15-12)9-11-4-6-20(18,19)7-5-11/h2-3,8,11H,4-7,9H2,1H3,(H,15,17). The molecule has 3 rings (SSSR count). The van der Waals surface area contributed by atoms with E-state index in [4.69, 9.17) is 0 Å². The lowest BCUT2D eigenvalue weighted by molar-refractivity contribution is 0.404. The monoisotopic (exact) mass is 294 g/mol. The first-order valence-electron chi connectivity index (χ1n) is 6.84. The van der Waals surface area contributed by atoms with Crippen LogP contribution in [0.25, 0.3) is 11.0 Å². The minimum Gasteiger partial charge on any atom is -0.306 e. The van der Waals surface area contributed by atoms with E-state index < -0.39 is 9.84 Å². The number of hydrogen-bond acceptors (Lipinski definition) is 3. The molecule has 0 atom stereocenters. The molecule has 0 saturated carbocycles. The number of hydrogen-bond donors (Lipinski definition) is 1. The van der Waals surface area contributed by atoms with Crippen LogP contribution in [0.15, 0.2) is 23.0 Å². The van der Waals surface area contributed by atoms with E-state index in [2.05, 4.69) is 4.98 Å². The van der Waals surface area contributed by atoms with Crippen LogP contribution in [0, 0.1) is 12.8 Å². The van der Waals surface area contributed by atoms with Crippen LogP contribution >= 0.6 is 0 Å². The van der Waals surface area contributed by atoms with E-state index in [0.717, 1.165) is 16.6 Å². The molecule has 20 heavy (non-hydrogen) atoms. The van der Waals surface area contributed by atoms with Crippen molar-refractivity contribution in [3.8, 4) is 0 Å². The number of nitrogens with one attached hydrogen (secondary N) is 1. The van der Waals surface area contributed by atoms with Gasteiger partial charge in [0.15, 0.2) is 0 Å². The van der Waals surface area contributed by atoms with Gasteiger partial charge >= 0.3 is 5.69 Å². The van der Waals surface area contributed by atoms with Gasteiger partial charge in [-0.05, 0) is 43.4 Å². The van der Waals surface area contributed by atoms with Gasteiger partial charge in [0.1, 0.15) is 9.84 Å². The Labute approximate surface area is 117 Å². The molecule has 0 amide bonds. The molecule has 2 heterocycles. The summed E-state index contributed by atoms with van der Waals surface area (Å²) in [5.41, 5.74) is 2.74. The Kier molecular flexibility index (Phi) is 3.20. The van der Waals surface area contributed by atoms with Crippen molar-refractivity contribution in [2.45, 2.75) is 26.3 Å². The zero-order valence-corrected chi connectivity index (χ0v) is 12.2. The molecule has 1 N–H and O–H groups in total. The molecule has 1 aromatic heterocycles. The van der Waals surface area contributed by atoms with E-state index in [1.165, 1.54) is 0 Å². The summed E-state index contributed by atoms with van der Waals surface area (Å²) in [5.74, 6) is 0.748. The van der Waals surface area contributed by atoms with Crippen LogP contribution in [-0.4, -0.2) is 29.5 Å². The van der Waals surface area contributed by atoms with Gasteiger partial charge in [-0.3, -0.25) is 4.57 Å². The van der Waals surface area contributed by atoms with Crippen molar-refractivity contribution in [3.63, 3.8) is 0 Å². The summed E-state index contributed by atoms with van der Waals surface area (Å²) in [6, 6.07) is 5.87. The predicted octanol–water partition coefficient (Wildman–Crippen LogP) is 1.46. The fourth-order valence-corrected chi connectivity index (χ4v) is 4.41. The van der Waals surface area contributed by atoms with Gasteiger partial charge in [0.25, 0.3) is 0 Å². The van der Waals surface area contributed by atoms with Crippen LogP contribution in [0.3, 0.4) is 0 Å². The second-order valence-electron chi connectivity index (χ2n) is 5.66. The molecule has 0 aliphatic carbocycles. The molecule has 1 aromatic carbocycles. The number of aromatic amines is 1. The Morgan fingerprint density at radius 1 is 1.30 bits per heavy atom. The Hall–Kier alpha value is -1.56. The smallest absolute Gasteiger partial charge is 0.306 e. The number of H-pyrrole nitrogens is 1. The largest absolute Gasteiger partial charge is 0.326 e. The molecule has 1 fully saturated rings. The molecule has 1 aliphatic heterocycles. The fraction of sp³-hybridized carbons (Fsp3) is 0.500. The van der Waals surface area contributed by atoms with Crippen LogP contribution in [0.5, 0.6) is 0 Å². The highest BCUT2D eigenvalue weighted by Gasteiger charge is 2.24. The predicted molar refractivity (Wildman–Crippen MR) is 78.7 cm³/mol. The van der Waals surface area contributed by atoms with E-state index >= 15 is 0 Å². The molecule has 0 spiro atoms. The van der Waals surface area contributed by atoms with Crippen molar-refractivity contribution in [1.82, 2.24) is 9.55 Å². The Bertz CT molecular complexity index is 787. The summed E-state index contributed by atoms with van der Waals surface area (Å²) >= 11 is 0. The molecule has 0 unspecified atom stereocenters. The molecule has 6 heteroatoms. The third kappa shape index (κ3) is 2.52. The first-order valence-corrected chi connectivity index (χ1v) is 8.66. The summed E-state index contributed by atoms with van der Waals surface area (Å²) in [7, 11) is -2.85. The summed E-state index contributed by atoms with van der Waals surface area (Å²) < 4.78 is 24.6. The second-order valence-corrected chi connectivity index (χ2v) is 7.96. The average Bonchev–Trinajstić information content (AvgIpc) is 2.68. The van der Waals surface area contributed by atoms with Gasteiger partial charge in [-0.25, -0.2) is 13.2 Å². The van der Waals surface area contributed by atoms with Crippen molar-refractivity contribution < 1.29 is 8.42 Å². The maximum atomic E-state index is 12.0. The van der Waals surface area contributed by atoms with Crippen LogP contribution in [0.1, 0.15) is 18.4 Å². The molecular weight excluding hydrogens is 276 g/mol. The second kappa shape index (κ2) is 4.77. The van der Waals surface area contributed by atoms with Crippen LogP contribution in [0.2, 0.25) is 0 Å². The molecular formula is C14H18N2O3S. The van der Waals surface area contributed by atoms with Gasteiger partial charge in [0.2, 0.25) is 0 Å². The van der Waals surface area contributed by atoms with Crippen molar-refractivity contribution in [3.05, 3.63) is 34.2 Å².